The fourth-order valence-electron chi connectivity index (χ4n) is 1.38. The van der Waals surface area contributed by atoms with Crippen LogP contribution in [0.5, 0.6) is 0 Å². The molecule has 0 aromatic heterocycles. The van der Waals surface area contributed by atoms with Crippen LogP contribution in [0.25, 0.3) is 0 Å². The number of hydrogen-bond donors (Lipinski definition) is 2. The van der Waals surface area contributed by atoms with E-state index in [9.17, 15) is 4.79 Å². The number of carbonyl (C=O) groups excluding carboxylic acids is 1. The second-order valence-electron chi connectivity index (χ2n) is 4.37. The summed E-state index contributed by atoms with van der Waals surface area (Å²) in [6.45, 7) is 5.88. The number of amides is 1. The molecular weight excluding hydrogens is 202 g/mol. The Labute approximate surface area is 96.5 Å². The van der Waals surface area contributed by atoms with Crippen molar-refractivity contribution >= 4 is 5.91 Å². The average Bonchev–Trinajstić information content (AvgIpc) is 2.26. The summed E-state index contributed by atoms with van der Waals surface area (Å²) in [4.78, 5) is 11.8. The number of hydrogen-bond acceptors (Lipinski definition) is 2. The second-order valence-corrected chi connectivity index (χ2v) is 4.37. The molecule has 3 heteroatoms. The van der Waals surface area contributed by atoms with Gasteiger partial charge in [-0.1, -0.05) is 31.5 Å². The van der Waals surface area contributed by atoms with Gasteiger partial charge in [0.1, 0.15) is 0 Å². The van der Waals surface area contributed by atoms with Crippen molar-refractivity contribution < 1.29 is 9.90 Å². The fourth-order valence-corrected chi connectivity index (χ4v) is 1.38. The monoisotopic (exact) mass is 221 g/mol. The van der Waals surface area contributed by atoms with Crippen LogP contribution in [0, 0.1) is 12.8 Å². The van der Waals surface area contributed by atoms with Crippen molar-refractivity contribution in [3.8, 4) is 0 Å². The highest BCUT2D eigenvalue weighted by Crippen LogP contribution is 2.06. The summed E-state index contributed by atoms with van der Waals surface area (Å²) in [5, 5.41) is 11.9. The normalized spacial score (nSPS) is 12.6. The summed E-state index contributed by atoms with van der Waals surface area (Å²) in [6, 6.07) is 7.20. The highest BCUT2D eigenvalue weighted by Gasteiger charge is 2.15. The fraction of sp³-hybridized carbons (Fsp3) is 0.462. The van der Waals surface area contributed by atoms with E-state index < -0.39 is 0 Å². The first-order chi connectivity index (χ1) is 7.54. The Balaban J connectivity index is 2.68. The molecule has 1 amide bonds. The molecule has 0 radical (unpaired) electrons. The molecule has 0 saturated carbocycles. The van der Waals surface area contributed by atoms with E-state index in [1.54, 1.807) is 12.1 Å². The van der Waals surface area contributed by atoms with Gasteiger partial charge in [0.25, 0.3) is 5.91 Å². The molecule has 0 heterocycles. The lowest BCUT2D eigenvalue weighted by Crippen LogP contribution is -2.41. The topological polar surface area (TPSA) is 49.3 Å². The first kappa shape index (κ1) is 12.7. The molecule has 0 aliphatic carbocycles. The largest absolute Gasteiger partial charge is 0.394 e. The van der Waals surface area contributed by atoms with Gasteiger partial charge in [-0.25, -0.2) is 0 Å². The Morgan fingerprint density at radius 3 is 2.31 bits per heavy atom. The molecule has 1 atom stereocenters. The van der Waals surface area contributed by atoms with Gasteiger partial charge in [-0.3, -0.25) is 4.79 Å². The number of nitrogens with one attached hydrogen (secondary N) is 1. The van der Waals surface area contributed by atoms with Crippen LogP contribution in [0.1, 0.15) is 29.8 Å². The molecule has 3 nitrogen and oxygen atoms in total. The first-order valence-corrected chi connectivity index (χ1v) is 5.53. The van der Waals surface area contributed by atoms with E-state index in [-0.39, 0.29) is 24.5 Å². The summed E-state index contributed by atoms with van der Waals surface area (Å²) >= 11 is 0. The molecule has 16 heavy (non-hydrogen) atoms. The Morgan fingerprint density at radius 1 is 1.31 bits per heavy atom. The third kappa shape index (κ3) is 3.35. The standard InChI is InChI=1S/C13H19NO2/c1-9(2)12(8-15)14-13(16)11-6-4-10(3)5-7-11/h4-7,9,12,15H,8H2,1-3H3,(H,14,16)/t12-/m1/s1. The van der Waals surface area contributed by atoms with Crippen LogP contribution in [-0.4, -0.2) is 23.7 Å². The molecule has 2 N–H and O–H groups in total. The maximum Gasteiger partial charge on any atom is 0.251 e. The van der Waals surface area contributed by atoms with Crippen molar-refractivity contribution in [2.75, 3.05) is 6.61 Å². The molecule has 0 fully saturated rings. The Morgan fingerprint density at radius 2 is 1.88 bits per heavy atom. The molecule has 0 saturated heterocycles. The minimum atomic E-state index is -0.186. The minimum absolute atomic E-state index is 0.0325. The predicted octanol–water partition coefficient (Wildman–Crippen LogP) is 1.74. The molecule has 0 aliphatic rings. The number of aliphatic hydroxyl groups is 1. The number of carbonyl (C=O) groups is 1. The predicted molar refractivity (Wildman–Crippen MR) is 64.4 cm³/mol. The van der Waals surface area contributed by atoms with E-state index in [0.29, 0.717) is 5.56 Å². The van der Waals surface area contributed by atoms with E-state index in [1.807, 2.05) is 32.9 Å². The smallest absolute Gasteiger partial charge is 0.251 e. The summed E-state index contributed by atoms with van der Waals surface area (Å²) < 4.78 is 0. The van der Waals surface area contributed by atoms with Gasteiger partial charge >= 0.3 is 0 Å². The van der Waals surface area contributed by atoms with Gasteiger partial charge < -0.3 is 10.4 Å². The third-order valence-corrected chi connectivity index (χ3v) is 2.63. The number of aliphatic hydroxyl groups excluding tert-OH is 1. The zero-order chi connectivity index (χ0) is 12.1. The lowest BCUT2D eigenvalue weighted by atomic mass is 10.0. The van der Waals surface area contributed by atoms with Crippen molar-refractivity contribution in [2.45, 2.75) is 26.8 Å². The minimum Gasteiger partial charge on any atom is -0.394 e. The van der Waals surface area contributed by atoms with Crippen molar-refractivity contribution in [3.05, 3.63) is 35.4 Å². The first-order valence-electron chi connectivity index (χ1n) is 5.53. The molecule has 0 unspecified atom stereocenters. The number of benzene rings is 1. The van der Waals surface area contributed by atoms with Crippen LogP contribution >= 0.6 is 0 Å². The van der Waals surface area contributed by atoms with Crippen molar-refractivity contribution in [3.63, 3.8) is 0 Å². The van der Waals surface area contributed by atoms with E-state index in [0.717, 1.165) is 5.56 Å². The van der Waals surface area contributed by atoms with Gasteiger partial charge in [-0.05, 0) is 25.0 Å². The van der Waals surface area contributed by atoms with Crippen LogP contribution in [0.3, 0.4) is 0 Å². The van der Waals surface area contributed by atoms with Gasteiger partial charge in [0.15, 0.2) is 0 Å². The Kier molecular flexibility index (Phi) is 4.50. The number of aryl methyl sites for hydroxylation is 1. The van der Waals surface area contributed by atoms with E-state index in [1.165, 1.54) is 0 Å². The van der Waals surface area contributed by atoms with Gasteiger partial charge in [0.2, 0.25) is 0 Å². The van der Waals surface area contributed by atoms with E-state index >= 15 is 0 Å². The lowest BCUT2D eigenvalue weighted by molar-refractivity contribution is 0.0897. The van der Waals surface area contributed by atoms with Crippen LogP contribution in [0.15, 0.2) is 24.3 Å². The highest BCUT2D eigenvalue weighted by atomic mass is 16.3. The molecule has 0 aliphatic heterocycles. The van der Waals surface area contributed by atoms with E-state index in [4.69, 9.17) is 5.11 Å². The van der Waals surface area contributed by atoms with Gasteiger partial charge in [0.05, 0.1) is 12.6 Å². The van der Waals surface area contributed by atoms with Crippen LogP contribution in [-0.2, 0) is 0 Å². The second kappa shape index (κ2) is 5.66. The molecule has 1 aromatic rings. The quantitative estimate of drug-likeness (QED) is 0.813. The zero-order valence-corrected chi connectivity index (χ0v) is 10.0. The third-order valence-electron chi connectivity index (χ3n) is 2.63. The Hall–Kier alpha value is -1.35. The molecule has 0 spiro atoms. The summed E-state index contributed by atoms with van der Waals surface area (Å²) in [5.41, 5.74) is 1.75. The summed E-state index contributed by atoms with van der Waals surface area (Å²) in [5.74, 6) is 0.0900. The molecule has 88 valence electrons. The van der Waals surface area contributed by atoms with Crippen LogP contribution in [0.4, 0.5) is 0 Å². The van der Waals surface area contributed by atoms with E-state index in [2.05, 4.69) is 5.32 Å². The van der Waals surface area contributed by atoms with Gasteiger partial charge in [-0.15, -0.1) is 0 Å². The van der Waals surface area contributed by atoms with Gasteiger partial charge in [0, 0.05) is 5.56 Å². The lowest BCUT2D eigenvalue weighted by Gasteiger charge is -2.19. The summed E-state index contributed by atoms with van der Waals surface area (Å²) in [7, 11) is 0. The number of rotatable bonds is 4. The van der Waals surface area contributed by atoms with Crippen molar-refractivity contribution in [2.24, 2.45) is 5.92 Å². The molecule has 1 aromatic carbocycles. The maximum absolute atomic E-state index is 11.8. The average molecular weight is 221 g/mol. The highest BCUT2D eigenvalue weighted by molar-refractivity contribution is 5.94. The molecule has 1 rings (SSSR count). The zero-order valence-electron chi connectivity index (χ0n) is 10.0. The molecule has 0 bridgehead atoms. The van der Waals surface area contributed by atoms with Crippen LogP contribution in [0.2, 0.25) is 0 Å². The maximum atomic E-state index is 11.8. The van der Waals surface area contributed by atoms with Crippen molar-refractivity contribution in [1.82, 2.24) is 5.32 Å². The van der Waals surface area contributed by atoms with Gasteiger partial charge in [-0.2, -0.15) is 0 Å². The van der Waals surface area contributed by atoms with Crippen LogP contribution < -0.4 is 5.32 Å². The Bertz CT molecular complexity index is 343. The van der Waals surface area contributed by atoms with Crippen molar-refractivity contribution in [1.29, 1.82) is 0 Å². The summed E-state index contributed by atoms with van der Waals surface area (Å²) in [6.07, 6.45) is 0. The SMILES string of the molecule is Cc1ccc(C(=O)N[C@H](CO)C(C)C)cc1. The molecular formula is C13H19NO2.